The third-order valence-corrected chi connectivity index (χ3v) is 3.05. The molecule has 16 heavy (non-hydrogen) atoms. The summed E-state index contributed by atoms with van der Waals surface area (Å²) in [6.07, 6.45) is 4.21. The van der Waals surface area contributed by atoms with Crippen LogP contribution in [0, 0.1) is 5.92 Å². The highest BCUT2D eigenvalue weighted by Crippen LogP contribution is 2.28. The molecule has 1 N–H and O–H groups in total. The maximum absolute atomic E-state index is 11.5. The molecule has 2 heteroatoms. The van der Waals surface area contributed by atoms with Crippen LogP contribution < -0.4 is 5.32 Å². The van der Waals surface area contributed by atoms with Gasteiger partial charge in [0.1, 0.15) is 0 Å². The van der Waals surface area contributed by atoms with Crippen LogP contribution in [0.15, 0.2) is 30.3 Å². The second kappa shape index (κ2) is 5.15. The van der Waals surface area contributed by atoms with Crippen molar-refractivity contribution < 1.29 is 4.79 Å². The topological polar surface area (TPSA) is 29.1 Å². The lowest BCUT2D eigenvalue weighted by molar-refractivity contribution is -0.122. The Kier molecular flexibility index (Phi) is 3.60. The molecule has 0 saturated heterocycles. The average molecular weight is 217 g/mol. The van der Waals surface area contributed by atoms with Gasteiger partial charge in [-0.25, -0.2) is 0 Å². The van der Waals surface area contributed by atoms with Gasteiger partial charge in [-0.2, -0.15) is 0 Å². The maximum atomic E-state index is 11.5. The van der Waals surface area contributed by atoms with E-state index < -0.39 is 0 Å². The number of aryl methyl sites for hydroxylation is 1. The van der Waals surface area contributed by atoms with E-state index in [-0.39, 0.29) is 11.9 Å². The van der Waals surface area contributed by atoms with Gasteiger partial charge in [-0.1, -0.05) is 30.3 Å². The van der Waals surface area contributed by atoms with E-state index in [1.165, 1.54) is 5.56 Å². The maximum Gasteiger partial charge on any atom is 0.223 e. The number of hydrogen-bond donors (Lipinski definition) is 1. The van der Waals surface area contributed by atoms with Crippen molar-refractivity contribution in [2.24, 2.45) is 5.92 Å². The Morgan fingerprint density at radius 3 is 2.69 bits per heavy atom. The first-order valence-corrected chi connectivity index (χ1v) is 6.10. The van der Waals surface area contributed by atoms with E-state index in [4.69, 9.17) is 0 Å². The van der Waals surface area contributed by atoms with Gasteiger partial charge in [0.05, 0.1) is 0 Å². The van der Waals surface area contributed by atoms with Gasteiger partial charge in [0.2, 0.25) is 5.91 Å². The summed E-state index contributed by atoms with van der Waals surface area (Å²) < 4.78 is 0. The molecular formula is C14H19NO. The fraction of sp³-hybridized carbons (Fsp3) is 0.500. The Bertz CT molecular complexity index is 343. The summed E-state index contributed by atoms with van der Waals surface area (Å²) in [6.45, 7) is 2.09. The van der Waals surface area contributed by atoms with Crippen molar-refractivity contribution in [3.8, 4) is 0 Å². The van der Waals surface area contributed by atoms with Crippen molar-refractivity contribution >= 4 is 5.91 Å². The van der Waals surface area contributed by atoms with Crippen molar-refractivity contribution in [1.29, 1.82) is 0 Å². The number of carbonyl (C=O) groups excluding carboxylic acids is 1. The second-order valence-electron chi connectivity index (χ2n) is 4.71. The SMILES string of the molecule is C[C@H](CCc1ccccc1)NC(=O)C1CC1. The summed E-state index contributed by atoms with van der Waals surface area (Å²) in [5, 5.41) is 3.07. The molecule has 1 aliphatic rings. The Hall–Kier alpha value is -1.31. The van der Waals surface area contributed by atoms with E-state index in [0.717, 1.165) is 25.7 Å². The monoisotopic (exact) mass is 217 g/mol. The Balaban J connectivity index is 1.71. The van der Waals surface area contributed by atoms with E-state index in [0.29, 0.717) is 5.92 Å². The second-order valence-corrected chi connectivity index (χ2v) is 4.71. The lowest BCUT2D eigenvalue weighted by Crippen LogP contribution is -2.33. The molecule has 0 aromatic heterocycles. The van der Waals surface area contributed by atoms with Crippen LogP contribution in [0.1, 0.15) is 31.7 Å². The third kappa shape index (κ3) is 3.37. The molecule has 0 bridgehead atoms. The van der Waals surface area contributed by atoms with Crippen molar-refractivity contribution in [2.45, 2.75) is 38.6 Å². The summed E-state index contributed by atoms with van der Waals surface area (Å²) >= 11 is 0. The Morgan fingerprint density at radius 1 is 1.38 bits per heavy atom. The van der Waals surface area contributed by atoms with Crippen molar-refractivity contribution in [3.05, 3.63) is 35.9 Å². The molecule has 1 fully saturated rings. The van der Waals surface area contributed by atoms with E-state index in [1.807, 2.05) is 6.07 Å². The van der Waals surface area contributed by atoms with Crippen LogP contribution >= 0.6 is 0 Å². The molecule has 2 rings (SSSR count). The zero-order chi connectivity index (χ0) is 11.4. The summed E-state index contributed by atoms with van der Waals surface area (Å²) in [7, 11) is 0. The zero-order valence-electron chi connectivity index (χ0n) is 9.78. The van der Waals surface area contributed by atoms with Crippen LogP contribution in [0.4, 0.5) is 0 Å². The van der Waals surface area contributed by atoms with E-state index in [2.05, 4.69) is 36.5 Å². The lowest BCUT2D eigenvalue weighted by Gasteiger charge is -2.13. The highest BCUT2D eigenvalue weighted by molar-refractivity contribution is 5.81. The Morgan fingerprint density at radius 2 is 2.06 bits per heavy atom. The van der Waals surface area contributed by atoms with Gasteiger partial charge in [-0.05, 0) is 38.2 Å². The fourth-order valence-corrected chi connectivity index (χ4v) is 1.81. The molecule has 1 aromatic rings. The molecule has 1 atom stereocenters. The standard InChI is InChI=1S/C14H19NO/c1-11(15-14(16)13-9-10-13)7-8-12-5-3-2-4-6-12/h2-6,11,13H,7-10H2,1H3,(H,15,16)/t11-/m1/s1. The molecule has 1 saturated carbocycles. The predicted molar refractivity (Wildman–Crippen MR) is 65.1 cm³/mol. The molecule has 0 radical (unpaired) electrons. The van der Waals surface area contributed by atoms with Crippen LogP contribution in [-0.2, 0) is 11.2 Å². The molecule has 1 aromatic carbocycles. The number of benzene rings is 1. The first kappa shape index (κ1) is 11.2. The first-order valence-electron chi connectivity index (χ1n) is 6.10. The average Bonchev–Trinajstić information content (AvgIpc) is 3.11. The van der Waals surface area contributed by atoms with Gasteiger partial charge < -0.3 is 5.32 Å². The van der Waals surface area contributed by atoms with Crippen LogP contribution in [0.3, 0.4) is 0 Å². The first-order chi connectivity index (χ1) is 7.75. The summed E-state index contributed by atoms with van der Waals surface area (Å²) in [5.74, 6) is 0.569. The van der Waals surface area contributed by atoms with E-state index >= 15 is 0 Å². The molecule has 1 amide bonds. The molecule has 0 spiro atoms. The molecule has 86 valence electrons. The van der Waals surface area contributed by atoms with Gasteiger partial charge in [-0.15, -0.1) is 0 Å². The molecule has 0 heterocycles. The minimum absolute atomic E-state index is 0.251. The number of carbonyl (C=O) groups is 1. The normalized spacial score (nSPS) is 16.8. The number of nitrogens with one attached hydrogen (secondary N) is 1. The van der Waals surface area contributed by atoms with Crippen molar-refractivity contribution in [2.75, 3.05) is 0 Å². The number of rotatable bonds is 5. The van der Waals surface area contributed by atoms with Gasteiger partial charge >= 0.3 is 0 Å². The Labute approximate surface area is 97.1 Å². The molecule has 0 unspecified atom stereocenters. The lowest BCUT2D eigenvalue weighted by atomic mass is 10.1. The van der Waals surface area contributed by atoms with E-state index in [1.54, 1.807) is 0 Å². The van der Waals surface area contributed by atoms with Crippen LogP contribution in [0.2, 0.25) is 0 Å². The van der Waals surface area contributed by atoms with Gasteiger partial charge in [-0.3, -0.25) is 4.79 Å². The quantitative estimate of drug-likeness (QED) is 0.806. The molecule has 1 aliphatic carbocycles. The number of amides is 1. The van der Waals surface area contributed by atoms with E-state index in [9.17, 15) is 4.79 Å². The highest BCUT2D eigenvalue weighted by atomic mass is 16.2. The van der Waals surface area contributed by atoms with Crippen LogP contribution in [-0.4, -0.2) is 11.9 Å². The highest BCUT2D eigenvalue weighted by Gasteiger charge is 2.29. The van der Waals surface area contributed by atoms with Crippen molar-refractivity contribution in [1.82, 2.24) is 5.32 Å². The fourth-order valence-electron chi connectivity index (χ4n) is 1.81. The summed E-state index contributed by atoms with van der Waals surface area (Å²) in [4.78, 5) is 11.5. The van der Waals surface area contributed by atoms with Crippen LogP contribution in [0.25, 0.3) is 0 Å². The zero-order valence-corrected chi connectivity index (χ0v) is 9.78. The van der Waals surface area contributed by atoms with Crippen molar-refractivity contribution in [3.63, 3.8) is 0 Å². The van der Waals surface area contributed by atoms with Gasteiger partial charge in [0.25, 0.3) is 0 Å². The largest absolute Gasteiger partial charge is 0.353 e. The minimum atomic E-state index is 0.251. The smallest absolute Gasteiger partial charge is 0.223 e. The summed E-state index contributed by atoms with van der Waals surface area (Å²) in [5.41, 5.74) is 1.34. The predicted octanol–water partition coefficient (Wildman–Crippen LogP) is 2.53. The van der Waals surface area contributed by atoms with Gasteiger partial charge in [0, 0.05) is 12.0 Å². The molecule has 0 aliphatic heterocycles. The molecular weight excluding hydrogens is 198 g/mol. The van der Waals surface area contributed by atoms with Gasteiger partial charge in [0.15, 0.2) is 0 Å². The third-order valence-electron chi connectivity index (χ3n) is 3.05. The minimum Gasteiger partial charge on any atom is -0.353 e. The molecule has 2 nitrogen and oxygen atoms in total. The summed E-state index contributed by atoms with van der Waals surface area (Å²) in [6, 6.07) is 10.7. The van der Waals surface area contributed by atoms with Crippen LogP contribution in [0.5, 0.6) is 0 Å². The number of hydrogen-bond acceptors (Lipinski definition) is 1.